The number of hydrogen-bond acceptors (Lipinski definition) is 5. The summed E-state index contributed by atoms with van der Waals surface area (Å²) in [5.74, 6) is -0.156. The highest BCUT2D eigenvalue weighted by atomic mass is 16.2. The third-order valence-corrected chi connectivity index (χ3v) is 8.99. The van der Waals surface area contributed by atoms with Crippen LogP contribution in [0.15, 0.2) is 60.9 Å². The highest BCUT2D eigenvalue weighted by Crippen LogP contribution is 2.30. The lowest BCUT2D eigenvalue weighted by Gasteiger charge is -2.37. The summed E-state index contributed by atoms with van der Waals surface area (Å²) in [6.07, 6.45) is 11.3. The number of likely N-dealkylation sites (tertiary alicyclic amines) is 1. The Morgan fingerprint density at radius 2 is 1.76 bits per heavy atom. The second-order valence-electron chi connectivity index (χ2n) is 11.8. The van der Waals surface area contributed by atoms with Crippen LogP contribution in [0.5, 0.6) is 0 Å². The van der Waals surface area contributed by atoms with Gasteiger partial charge in [0.15, 0.2) is 0 Å². The first kappa shape index (κ1) is 29.8. The average molecular weight is 573 g/mol. The van der Waals surface area contributed by atoms with Gasteiger partial charge in [0.05, 0.1) is 6.04 Å². The molecule has 0 spiro atoms. The van der Waals surface area contributed by atoms with Crippen LogP contribution in [0.4, 0.5) is 0 Å². The lowest BCUT2D eigenvalue weighted by atomic mass is 9.83. The number of likely N-dealkylation sites (N-methyl/N-ethyl adjacent to an activating group) is 1. The maximum atomic E-state index is 14.2. The molecule has 9 heteroatoms. The summed E-state index contributed by atoms with van der Waals surface area (Å²) in [4.78, 5) is 49.5. The van der Waals surface area contributed by atoms with Gasteiger partial charge < -0.3 is 24.8 Å². The molecule has 3 unspecified atom stereocenters. The third-order valence-electron chi connectivity index (χ3n) is 8.99. The summed E-state index contributed by atoms with van der Waals surface area (Å²) in [7, 11) is 1.75. The van der Waals surface area contributed by atoms with Gasteiger partial charge in [-0.1, -0.05) is 55.7 Å². The molecule has 0 bridgehead atoms. The van der Waals surface area contributed by atoms with Crippen LogP contribution in [0.1, 0.15) is 67.9 Å². The minimum Gasteiger partial charge on any atom is -0.343 e. The molecule has 3 aromatic rings. The summed E-state index contributed by atoms with van der Waals surface area (Å²) in [6.45, 7) is 3.41. The van der Waals surface area contributed by atoms with E-state index >= 15 is 0 Å². The van der Waals surface area contributed by atoms with E-state index in [1.165, 1.54) is 6.42 Å². The minimum atomic E-state index is -0.541. The van der Waals surface area contributed by atoms with Crippen molar-refractivity contribution in [1.82, 2.24) is 29.8 Å². The van der Waals surface area contributed by atoms with Crippen LogP contribution in [-0.2, 0) is 16.0 Å². The molecule has 2 N–H and O–H groups in total. The van der Waals surface area contributed by atoms with Crippen LogP contribution in [0, 0.1) is 5.92 Å². The molecule has 3 heterocycles. The number of nitrogens with zero attached hydrogens (tertiary/aromatic N) is 4. The first-order valence-electron chi connectivity index (χ1n) is 15.5. The molecule has 9 nitrogen and oxygen atoms in total. The summed E-state index contributed by atoms with van der Waals surface area (Å²) < 4.78 is 1.86. The molecule has 2 fully saturated rings. The SMILES string of the molecule is CNC(C)C(=O)NC(C(=O)N1CCCC1CN(CCc1ccccc1)C(=O)c1cn2ccccc2n1)C1CCCCC1. The maximum absolute atomic E-state index is 14.2. The second kappa shape index (κ2) is 14.0. The Hall–Kier alpha value is -3.72. The van der Waals surface area contributed by atoms with Gasteiger partial charge >= 0.3 is 0 Å². The van der Waals surface area contributed by atoms with Gasteiger partial charge in [0.25, 0.3) is 5.91 Å². The summed E-state index contributed by atoms with van der Waals surface area (Å²) in [6, 6.07) is 14.8. The molecule has 5 rings (SSSR count). The van der Waals surface area contributed by atoms with E-state index in [0.717, 1.165) is 49.7 Å². The normalized spacial score (nSPS) is 19.0. The van der Waals surface area contributed by atoms with Crippen LogP contribution >= 0.6 is 0 Å². The lowest BCUT2D eigenvalue weighted by Crippen LogP contribution is -2.57. The molecule has 2 aliphatic rings. The molecule has 1 saturated carbocycles. The molecule has 2 aromatic heterocycles. The van der Waals surface area contributed by atoms with E-state index in [0.29, 0.717) is 31.7 Å². The Morgan fingerprint density at radius 1 is 1.00 bits per heavy atom. The van der Waals surface area contributed by atoms with E-state index < -0.39 is 6.04 Å². The lowest BCUT2D eigenvalue weighted by molar-refractivity contribution is -0.139. The van der Waals surface area contributed by atoms with Crippen LogP contribution in [-0.4, -0.2) is 81.7 Å². The number of fused-ring (bicyclic) bond motifs is 1. The fourth-order valence-electron chi connectivity index (χ4n) is 6.39. The van der Waals surface area contributed by atoms with Crippen LogP contribution < -0.4 is 10.6 Å². The van der Waals surface area contributed by atoms with Gasteiger partial charge in [-0.25, -0.2) is 4.98 Å². The van der Waals surface area contributed by atoms with Gasteiger partial charge in [0.2, 0.25) is 11.8 Å². The van der Waals surface area contributed by atoms with E-state index in [1.807, 2.05) is 63.7 Å². The van der Waals surface area contributed by atoms with Crippen molar-refractivity contribution in [2.75, 3.05) is 26.7 Å². The quantitative estimate of drug-likeness (QED) is 0.365. The summed E-state index contributed by atoms with van der Waals surface area (Å²) >= 11 is 0. The van der Waals surface area contributed by atoms with E-state index in [2.05, 4.69) is 27.8 Å². The zero-order valence-electron chi connectivity index (χ0n) is 24.9. The number of pyridine rings is 1. The first-order valence-corrected chi connectivity index (χ1v) is 15.5. The topological polar surface area (TPSA) is 99.0 Å². The molecule has 0 radical (unpaired) electrons. The van der Waals surface area contributed by atoms with E-state index in [-0.39, 0.29) is 35.7 Å². The number of aromatic nitrogens is 2. The standard InChI is InChI=1S/C33H44N6O3/c1-24(34-2)31(40)36-30(26-14-7-4-8-15-26)33(42)39-20-11-16-27(39)22-38(21-18-25-12-5-3-6-13-25)32(41)28-23-37-19-10-9-17-29(37)35-28/h3,5-6,9-10,12-13,17,19,23-24,26-27,30,34H,4,7-8,11,14-16,18,20-22H2,1-2H3,(H,36,40). The molecule has 42 heavy (non-hydrogen) atoms. The van der Waals surface area contributed by atoms with Crippen molar-refractivity contribution in [3.05, 3.63) is 72.2 Å². The Balaban J connectivity index is 1.36. The van der Waals surface area contributed by atoms with Crippen LogP contribution in [0.3, 0.4) is 0 Å². The number of benzene rings is 1. The molecule has 3 amide bonds. The number of amides is 3. The third kappa shape index (κ3) is 7.01. The molecule has 3 atom stereocenters. The van der Waals surface area contributed by atoms with Crippen molar-refractivity contribution in [1.29, 1.82) is 0 Å². The zero-order valence-corrected chi connectivity index (χ0v) is 24.9. The van der Waals surface area contributed by atoms with Crippen LogP contribution in [0.25, 0.3) is 5.65 Å². The van der Waals surface area contributed by atoms with Gasteiger partial charge in [-0.2, -0.15) is 0 Å². The number of nitrogens with one attached hydrogen (secondary N) is 2. The number of imidazole rings is 1. The largest absolute Gasteiger partial charge is 0.343 e. The van der Waals surface area contributed by atoms with Crippen molar-refractivity contribution in [3.8, 4) is 0 Å². The van der Waals surface area contributed by atoms with Crippen molar-refractivity contribution in [2.45, 2.75) is 76.4 Å². The molecule has 1 aliphatic heterocycles. The van der Waals surface area contributed by atoms with Gasteiger partial charge in [-0.15, -0.1) is 0 Å². The van der Waals surface area contributed by atoms with Crippen molar-refractivity contribution < 1.29 is 14.4 Å². The van der Waals surface area contributed by atoms with Crippen molar-refractivity contribution in [3.63, 3.8) is 0 Å². The monoisotopic (exact) mass is 572 g/mol. The number of hydrogen-bond donors (Lipinski definition) is 2. The Labute approximate surface area is 248 Å². The molecule has 1 saturated heterocycles. The fraction of sp³-hybridized carbons (Fsp3) is 0.515. The zero-order chi connectivity index (χ0) is 29.5. The number of carbonyl (C=O) groups excluding carboxylic acids is 3. The van der Waals surface area contributed by atoms with E-state index in [9.17, 15) is 14.4 Å². The number of rotatable bonds is 11. The van der Waals surface area contributed by atoms with Crippen molar-refractivity contribution in [2.24, 2.45) is 5.92 Å². The Bertz CT molecular complexity index is 1320. The molecule has 224 valence electrons. The first-order chi connectivity index (χ1) is 20.4. The van der Waals surface area contributed by atoms with Gasteiger partial charge in [0.1, 0.15) is 17.4 Å². The molecule has 1 aromatic carbocycles. The smallest absolute Gasteiger partial charge is 0.274 e. The average Bonchev–Trinajstić information content (AvgIpc) is 3.69. The minimum absolute atomic E-state index is 0.00996. The van der Waals surface area contributed by atoms with Crippen LogP contribution in [0.2, 0.25) is 0 Å². The highest BCUT2D eigenvalue weighted by molar-refractivity contribution is 5.93. The highest BCUT2D eigenvalue weighted by Gasteiger charge is 2.39. The molecule has 1 aliphatic carbocycles. The molecular weight excluding hydrogens is 528 g/mol. The maximum Gasteiger partial charge on any atom is 0.274 e. The van der Waals surface area contributed by atoms with Gasteiger partial charge in [-0.05, 0) is 69.7 Å². The summed E-state index contributed by atoms with van der Waals surface area (Å²) in [5, 5.41) is 6.10. The Kier molecular flexibility index (Phi) is 9.89. The second-order valence-corrected chi connectivity index (χ2v) is 11.8. The summed E-state index contributed by atoms with van der Waals surface area (Å²) in [5.41, 5.74) is 2.28. The predicted molar refractivity (Wildman–Crippen MR) is 163 cm³/mol. The number of carbonyl (C=O) groups is 3. The molecular formula is C33H44N6O3. The van der Waals surface area contributed by atoms with Crippen molar-refractivity contribution >= 4 is 23.4 Å². The van der Waals surface area contributed by atoms with E-state index in [1.54, 1.807) is 13.2 Å². The van der Waals surface area contributed by atoms with Gasteiger partial charge in [-0.3, -0.25) is 14.4 Å². The Morgan fingerprint density at radius 3 is 2.50 bits per heavy atom. The van der Waals surface area contributed by atoms with Gasteiger partial charge in [0, 0.05) is 38.1 Å². The predicted octanol–water partition coefficient (Wildman–Crippen LogP) is 3.68. The van der Waals surface area contributed by atoms with E-state index in [4.69, 9.17) is 0 Å². The fourth-order valence-corrected chi connectivity index (χ4v) is 6.39.